The Hall–Kier alpha value is -3.27. The monoisotopic (exact) mass is 400 g/mol. The predicted molar refractivity (Wildman–Crippen MR) is 124 cm³/mol. The van der Waals surface area contributed by atoms with Crippen LogP contribution in [0.2, 0.25) is 0 Å². The van der Waals surface area contributed by atoms with Crippen molar-refractivity contribution in [3.63, 3.8) is 0 Å². The molecule has 0 unspecified atom stereocenters. The molecule has 0 aliphatic heterocycles. The van der Waals surface area contributed by atoms with Gasteiger partial charge >= 0.3 is 0 Å². The quantitative estimate of drug-likeness (QED) is 0.417. The lowest BCUT2D eigenvalue weighted by Gasteiger charge is -2.19. The highest BCUT2D eigenvalue weighted by molar-refractivity contribution is 6.10. The van der Waals surface area contributed by atoms with Gasteiger partial charge in [-0.25, -0.2) is 0 Å². The lowest BCUT2D eigenvalue weighted by atomic mass is 10.1. The average Bonchev–Trinajstić information content (AvgIpc) is 3.07. The summed E-state index contributed by atoms with van der Waals surface area (Å²) in [4.78, 5) is 13.0. The molecule has 0 bridgehead atoms. The molecule has 3 aromatic carbocycles. The minimum Gasteiger partial charge on any atom is -0.480 e. The molecule has 1 amide bonds. The SMILES string of the molecule is CC[C@H](Oc1cccc(C)c1C)C(=O)Nc1ccc2c(c1)c1ccccc1n2CC. The van der Waals surface area contributed by atoms with E-state index < -0.39 is 6.10 Å². The highest BCUT2D eigenvalue weighted by Crippen LogP contribution is 2.31. The third kappa shape index (κ3) is 3.54. The van der Waals surface area contributed by atoms with Crippen molar-refractivity contribution in [3.05, 3.63) is 71.8 Å². The van der Waals surface area contributed by atoms with Crippen LogP contribution in [0.25, 0.3) is 21.8 Å². The van der Waals surface area contributed by atoms with Crippen molar-refractivity contribution < 1.29 is 9.53 Å². The van der Waals surface area contributed by atoms with Crippen molar-refractivity contribution in [1.82, 2.24) is 4.57 Å². The zero-order chi connectivity index (χ0) is 21.3. The molecule has 0 fully saturated rings. The number of aryl methyl sites for hydroxylation is 2. The van der Waals surface area contributed by atoms with Gasteiger partial charge in [0.25, 0.3) is 5.91 Å². The molecule has 1 atom stereocenters. The molecule has 1 heterocycles. The smallest absolute Gasteiger partial charge is 0.265 e. The number of rotatable bonds is 6. The van der Waals surface area contributed by atoms with Crippen LogP contribution < -0.4 is 10.1 Å². The molecular weight excluding hydrogens is 372 g/mol. The summed E-state index contributed by atoms with van der Waals surface area (Å²) in [5.74, 6) is 0.635. The Morgan fingerprint density at radius 3 is 2.50 bits per heavy atom. The Bertz CT molecular complexity index is 1220. The average molecular weight is 401 g/mol. The van der Waals surface area contributed by atoms with Crippen LogP contribution in [0.1, 0.15) is 31.4 Å². The molecule has 0 radical (unpaired) electrons. The van der Waals surface area contributed by atoms with E-state index in [0.29, 0.717) is 6.42 Å². The second-order valence-electron chi connectivity index (χ2n) is 7.70. The lowest BCUT2D eigenvalue weighted by molar-refractivity contribution is -0.122. The molecule has 154 valence electrons. The van der Waals surface area contributed by atoms with Crippen LogP contribution in [-0.2, 0) is 11.3 Å². The summed E-state index contributed by atoms with van der Waals surface area (Å²) < 4.78 is 8.37. The van der Waals surface area contributed by atoms with Crippen LogP contribution in [0.15, 0.2) is 60.7 Å². The minimum absolute atomic E-state index is 0.128. The van der Waals surface area contributed by atoms with Gasteiger partial charge in [0.05, 0.1) is 0 Å². The van der Waals surface area contributed by atoms with E-state index in [0.717, 1.165) is 34.5 Å². The van der Waals surface area contributed by atoms with Gasteiger partial charge in [0.2, 0.25) is 0 Å². The highest BCUT2D eigenvalue weighted by Gasteiger charge is 2.20. The predicted octanol–water partition coefficient (Wildman–Crippen LogP) is 6.23. The van der Waals surface area contributed by atoms with Gasteiger partial charge in [-0.1, -0.05) is 37.3 Å². The van der Waals surface area contributed by atoms with Crippen molar-refractivity contribution in [2.75, 3.05) is 5.32 Å². The van der Waals surface area contributed by atoms with Gasteiger partial charge in [-0.05, 0) is 68.7 Å². The van der Waals surface area contributed by atoms with Gasteiger partial charge in [0.15, 0.2) is 6.10 Å². The van der Waals surface area contributed by atoms with Gasteiger partial charge in [-0.3, -0.25) is 4.79 Å². The summed E-state index contributed by atoms with van der Waals surface area (Å²) in [7, 11) is 0. The van der Waals surface area contributed by atoms with Crippen LogP contribution in [0.5, 0.6) is 5.75 Å². The van der Waals surface area contributed by atoms with E-state index in [1.807, 2.05) is 45.0 Å². The summed E-state index contributed by atoms with van der Waals surface area (Å²) in [5.41, 5.74) is 5.39. The largest absolute Gasteiger partial charge is 0.480 e. The number of carbonyl (C=O) groups is 1. The fourth-order valence-electron chi connectivity index (χ4n) is 4.02. The van der Waals surface area contributed by atoms with Crippen LogP contribution >= 0.6 is 0 Å². The number of para-hydroxylation sites is 1. The molecule has 0 saturated carbocycles. The van der Waals surface area contributed by atoms with E-state index in [4.69, 9.17) is 4.74 Å². The molecule has 4 aromatic rings. The number of hydrogen-bond acceptors (Lipinski definition) is 2. The molecule has 1 aromatic heterocycles. The van der Waals surface area contributed by atoms with Gasteiger partial charge < -0.3 is 14.6 Å². The number of carbonyl (C=O) groups excluding carboxylic acids is 1. The number of ether oxygens (including phenoxy) is 1. The molecule has 1 N–H and O–H groups in total. The maximum atomic E-state index is 13.0. The number of aromatic nitrogens is 1. The standard InChI is InChI=1S/C26H28N2O2/c1-5-24(30-25-13-9-10-17(3)18(25)4)26(29)27-19-14-15-23-21(16-19)20-11-7-8-12-22(20)28(23)6-2/h7-16,24H,5-6H2,1-4H3,(H,27,29)/t24-/m0/s1. The summed E-state index contributed by atoms with van der Waals surface area (Å²) in [6, 6.07) is 20.4. The van der Waals surface area contributed by atoms with Crippen molar-refractivity contribution in [2.24, 2.45) is 0 Å². The Morgan fingerprint density at radius 2 is 1.73 bits per heavy atom. The van der Waals surface area contributed by atoms with Gasteiger partial charge in [-0.15, -0.1) is 0 Å². The van der Waals surface area contributed by atoms with Gasteiger partial charge in [0.1, 0.15) is 5.75 Å². The summed E-state index contributed by atoms with van der Waals surface area (Å²) in [5, 5.41) is 5.40. The Labute approximate surface area is 177 Å². The van der Waals surface area contributed by atoms with Crippen LogP contribution in [0.3, 0.4) is 0 Å². The van der Waals surface area contributed by atoms with Crippen molar-refractivity contribution in [1.29, 1.82) is 0 Å². The number of anilines is 1. The van der Waals surface area contributed by atoms with Crippen LogP contribution in [-0.4, -0.2) is 16.6 Å². The van der Waals surface area contributed by atoms with Crippen LogP contribution in [0.4, 0.5) is 5.69 Å². The first-order valence-corrected chi connectivity index (χ1v) is 10.6. The number of nitrogens with one attached hydrogen (secondary N) is 1. The third-order valence-electron chi connectivity index (χ3n) is 5.84. The summed E-state index contributed by atoms with van der Waals surface area (Å²) >= 11 is 0. The number of amides is 1. The Morgan fingerprint density at radius 1 is 0.967 bits per heavy atom. The number of nitrogens with zero attached hydrogens (tertiary/aromatic N) is 1. The third-order valence-corrected chi connectivity index (χ3v) is 5.84. The molecule has 0 aliphatic carbocycles. The highest BCUT2D eigenvalue weighted by atomic mass is 16.5. The molecule has 30 heavy (non-hydrogen) atoms. The minimum atomic E-state index is -0.543. The van der Waals surface area contributed by atoms with E-state index >= 15 is 0 Å². The van der Waals surface area contributed by atoms with Gasteiger partial charge in [0, 0.05) is 34.0 Å². The van der Waals surface area contributed by atoms with Gasteiger partial charge in [-0.2, -0.15) is 0 Å². The first-order chi connectivity index (χ1) is 14.5. The first kappa shape index (κ1) is 20.0. The molecule has 4 rings (SSSR count). The van der Waals surface area contributed by atoms with Crippen molar-refractivity contribution >= 4 is 33.4 Å². The second kappa shape index (κ2) is 8.23. The molecule has 4 heteroatoms. The van der Waals surface area contributed by atoms with E-state index in [1.54, 1.807) is 0 Å². The van der Waals surface area contributed by atoms with E-state index in [1.165, 1.54) is 16.4 Å². The number of benzene rings is 3. The number of hydrogen-bond donors (Lipinski definition) is 1. The van der Waals surface area contributed by atoms with Crippen LogP contribution in [0, 0.1) is 13.8 Å². The molecule has 0 spiro atoms. The fourth-order valence-corrected chi connectivity index (χ4v) is 4.02. The maximum absolute atomic E-state index is 13.0. The Kier molecular flexibility index (Phi) is 5.49. The molecule has 4 nitrogen and oxygen atoms in total. The lowest BCUT2D eigenvalue weighted by Crippen LogP contribution is -2.32. The maximum Gasteiger partial charge on any atom is 0.265 e. The Balaban J connectivity index is 1.62. The number of fused-ring (bicyclic) bond motifs is 3. The van der Waals surface area contributed by atoms with Crippen molar-refractivity contribution in [2.45, 2.75) is 46.8 Å². The molecule has 0 aliphatic rings. The fraction of sp³-hybridized carbons (Fsp3) is 0.269. The first-order valence-electron chi connectivity index (χ1n) is 10.6. The molecule has 0 saturated heterocycles. The summed E-state index contributed by atoms with van der Waals surface area (Å²) in [6.45, 7) is 9.08. The van der Waals surface area contributed by atoms with E-state index in [2.05, 4.69) is 53.2 Å². The molecular formula is C26H28N2O2. The van der Waals surface area contributed by atoms with E-state index in [-0.39, 0.29) is 5.91 Å². The topological polar surface area (TPSA) is 43.3 Å². The van der Waals surface area contributed by atoms with E-state index in [9.17, 15) is 4.79 Å². The summed E-state index contributed by atoms with van der Waals surface area (Å²) in [6.07, 6.45) is 0.0505. The zero-order valence-electron chi connectivity index (χ0n) is 18.0. The van der Waals surface area contributed by atoms with Crippen molar-refractivity contribution in [3.8, 4) is 5.75 Å². The zero-order valence-corrected chi connectivity index (χ0v) is 18.0. The second-order valence-corrected chi connectivity index (χ2v) is 7.70. The normalized spacial score (nSPS) is 12.3.